The highest BCUT2D eigenvalue weighted by Crippen LogP contribution is 2.42. The van der Waals surface area contributed by atoms with Gasteiger partial charge in [0.05, 0.1) is 33.1 Å². The predicted molar refractivity (Wildman–Crippen MR) is 189 cm³/mol. The van der Waals surface area contributed by atoms with E-state index in [1.807, 2.05) is 0 Å². The lowest BCUT2D eigenvalue weighted by Gasteiger charge is -2.13. The van der Waals surface area contributed by atoms with E-state index in [-0.39, 0.29) is 0 Å². The summed E-state index contributed by atoms with van der Waals surface area (Å²) in [6.45, 7) is 0. The summed E-state index contributed by atoms with van der Waals surface area (Å²) >= 11 is 0. The smallest absolute Gasteiger partial charge is 0.0641 e. The van der Waals surface area contributed by atoms with E-state index in [1.165, 1.54) is 71.1 Å². The number of para-hydroxylation sites is 5. The molecule has 0 fully saturated rings. The van der Waals surface area contributed by atoms with Crippen LogP contribution in [0.5, 0.6) is 0 Å². The molecule has 0 spiro atoms. The highest BCUT2D eigenvalue weighted by Gasteiger charge is 2.21. The van der Waals surface area contributed by atoms with Crippen LogP contribution >= 0.6 is 0 Å². The molecule has 0 aliphatic rings. The first-order valence-corrected chi connectivity index (χ1v) is 15.5. The lowest BCUT2D eigenvalue weighted by molar-refractivity contribution is 1.13. The maximum absolute atomic E-state index is 2.44. The fraction of sp³-hybridized carbons (Fsp3) is 0. The molecule has 7 aromatic carbocycles. The summed E-state index contributed by atoms with van der Waals surface area (Å²) in [6.07, 6.45) is 0. The zero-order chi connectivity index (χ0) is 29.5. The van der Waals surface area contributed by atoms with Gasteiger partial charge in [-0.05, 0) is 60.7 Å². The van der Waals surface area contributed by atoms with Crippen molar-refractivity contribution in [2.45, 2.75) is 0 Å². The first kappa shape index (κ1) is 24.4. The molecule has 45 heavy (non-hydrogen) atoms. The fourth-order valence-corrected chi connectivity index (χ4v) is 7.60. The van der Waals surface area contributed by atoms with Crippen LogP contribution in [0.4, 0.5) is 0 Å². The molecule has 3 nitrogen and oxygen atoms in total. The van der Waals surface area contributed by atoms with E-state index in [2.05, 4.69) is 177 Å². The molecule has 0 unspecified atom stereocenters. The molecule has 210 valence electrons. The molecule has 0 saturated heterocycles. The standard InChI is InChI=1S/C42H27N3/c1-2-13-28(14-3-1)45-38-23-10-6-19-33(38)34-25-26-40-41(42(34)45)35-20-7-11-24-39(35)44(40)30-16-12-15-29(27-30)43-36-21-8-4-17-31(36)32-18-5-9-22-37(32)43/h1-27H. The molecule has 0 bridgehead atoms. The van der Waals surface area contributed by atoms with E-state index in [0.717, 1.165) is 11.4 Å². The summed E-state index contributed by atoms with van der Waals surface area (Å²) in [7, 11) is 0. The molecule has 0 saturated carbocycles. The van der Waals surface area contributed by atoms with Crippen molar-refractivity contribution in [3.05, 3.63) is 164 Å². The number of hydrogen-bond donors (Lipinski definition) is 0. The van der Waals surface area contributed by atoms with Gasteiger partial charge in [-0.1, -0.05) is 103 Å². The van der Waals surface area contributed by atoms with Crippen LogP contribution in [0.2, 0.25) is 0 Å². The van der Waals surface area contributed by atoms with E-state index < -0.39 is 0 Å². The second-order valence-corrected chi connectivity index (χ2v) is 11.8. The van der Waals surface area contributed by atoms with Crippen LogP contribution < -0.4 is 0 Å². The van der Waals surface area contributed by atoms with Crippen molar-refractivity contribution >= 4 is 65.4 Å². The second-order valence-electron chi connectivity index (χ2n) is 11.8. The summed E-state index contributed by atoms with van der Waals surface area (Å²) in [5.41, 5.74) is 10.7. The molecule has 0 atom stereocenters. The zero-order valence-corrected chi connectivity index (χ0v) is 24.4. The Bertz CT molecular complexity index is 2700. The first-order valence-electron chi connectivity index (χ1n) is 15.5. The Morgan fingerprint density at radius 2 is 0.711 bits per heavy atom. The Kier molecular flexibility index (Phi) is 5.00. The maximum Gasteiger partial charge on any atom is 0.0641 e. The Morgan fingerprint density at radius 1 is 0.267 bits per heavy atom. The maximum atomic E-state index is 2.44. The largest absolute Gasteiger partial charge is 0.309 e. The van der Waals surface area contributed by atoms with Gasteiger partial charge in [-0.15, -0.1) is 0 Å². The van der Waals surface area contributed by atoms with Crippen molar-refractivity contribution in [1.29, 1.82) is 0 Å². The lowest BCUT2D eigenvalue weighted by Crippen LogP contribution is -1.98. The minimum absolute atomic E-state index is 1.14. The molecule has 0 aliphatic heterocycles. The van der Waals surface area contributed by atoms with Gasteiger partial charge in [0.1, 0.15) is 0 Å². The van der Waals surface area contributed by atoms with Gasteiger partial charge in [0, 0.05) is 49.4 Å². The highest BCUT2D eigenvalue weighted by molar-refractivity contribution is 6.26. The summed E-state index contributed by atoms with van der Waals surface area (Å²) in [5.74, 6) is 0. The van der Waals surface area contributed by atoms with Crippen molar-refractivity contribution < 1.29 is 0 Å². The van der Waals surface area contributed by atoms with Crippen LogP contribution in [0.25, 0.3) is 82.5 Å². The quantitative estimate of drug-likeness (QED) is 0.200. The van der Waals surface area contributed by atoms with Crippen LogP contribution in [0.15, 0.2) is 164 Å². The van der Waals surface area contributed by atoms with Crippen LogP contribution in [0.1, 0.15) is 0 Å². The fourth-order valence-electron chi connectivity index (χ4n) is 7.60. The van der Waals surface area contributed by atoms with Crippen LogP contribution in [-0.4, -0.2) is 13.7 Å². The minimum atomic E-state index is 1.14. The van der Waals surface area contributed by atoms with Gasteiger partial charge >= 0.3 is 0 Å². The second kappa shape index (κ2) is 9.22. The summed E-state index contributed by atoms with van der Waals surface area (Å²) in [4.78, 5) is 0. The third kappa shape index (κ3) is 3.35. The number of hydrogen-bond acceptors (Lipinski definition) is 0. The summed E-state index contributed by atoms with van der Waals surface area (Å²) in [6, 6.07) is 59.4. The molecule has 3 heteroatoms. The highest BCUT2D eigenvalue weighted by atomic mass is 15.0. The Morgan fingerprint density at radius 3 is 1.33 bits per heavy atom. The van der Waals surface area contributed by atoms with Gasteiger partial charge < -0.3 is 13.7 Å². The Labute approximate surface area is 259 Å². The Balaban J connectivity index is 1.32. The molecular formula is C42H27N3. The monoisotopic (exact) mass is 573 g/mol. The van der Waals surface area contributed by atoms with Crippen molar-refractivity contribution in [2.24, 2.45) is 0 Å². The average Bonchev–Trinajstić information content (AvgIpc) is 3.74. The van der Waals surface area contributed by atoms with Crippen molar-refractivity contribution in [3.8, 4) is 17.1 Å². The molecule has 10 aromatic rings. The van der Waals surface area contributed by atoms with Crippen molar-refractivity contribution in [3.63, 3.8) is 0 Å². The number of fused-ring (bicyclic) bond motifs is 10. The van der Waals surface area contributed by atoms with Gasteiger partial charge in [-0.2, -0.15) is 0 Å². The van der Waals surface area contributed by atoms with Gasteiger partial charge in [0.2, 0.25) is 0 Å². The van der Waals surface area contributed by atoms with Crippen molar-refractivity contribution in [2.75, 3.05) is 0 Å². The summed E-state index contributed by atoms with van der Waals surface area (Å²) < 4.78 is 7.28. The number of benzene rings is 7. The first-order chi connectivity index (χ1) is 22.4. The van der Waals surface area contributed by atoms with E-state index in [4.69, 9.17) is 0 Å². The van der Waals surface area contributed by atoms with Gasteiger partial charge in [0.15, 0.2) is 0 Å². The minimum Gasteiger partial charge on any atom is -0.309 e. The average molecular weight is 574 g/mol. The molecule has 10 rings (SSSR count). The van der Waals surface area contributed by atoms with Crippen LogP contribution in [0, 0.1) is 0 Å². The number of nitrogens with zero attached hydrogens (tertiary/aromatic N) is 3. The van der Waals surface area contributed by atoms with Crippen molar-refractivity contribution in [1.82, 2.24) is 13.7 Å². The third-order valence-corrected chi connectivity index (χ3v) is 9.41. The molecule has 3 aromatic heterocycles. The normalized spacial score (nSPS) is 12.0. The topological polar surface area (TPSA) is 14.8 Å². The Hall–Kier alpha value is -6.06. The zero-order valence-electron chi connectivity index (χ0n) is 24.4. The number of aromatic nitrogens is 3. The predicted octanol–water partition coefficient (Wildman–Crippen LogP) is 11.0. The van der Waals surface area contributed by atoms with Crippen LogP contribution in [0.3, 0.4) is 0 Å². The molecule has 0 N–H and O–H groups in total. The van der Waals surface area contributed by atoms with E-state index >= 15 is 0 Å². The number of rotatable bonds is 3. The van der Waals surface area contributed by atoms with Gasteiger partial charge in [-0.3, -0.25) is 0 Å². The van der Waals surface area contributed by atoms with Gasteiger partial charge in [0.25, 0.3) is 0 Å². The molecule has 0 aliphatic carbocycles. The third-order valence-electron chi connectivity index (χ3n) is 9.41. The van der Waals surface area contributed by atoms with E-state index in [1.54, 1.807) is 0 Å². The molecule has 0 radical (unpaired) electrons. The molecule has 3 heterocycles. The van der Waals surface area contributed by atoms with E-state index in [0.29, 0.717) is 0 Å². The van der Waals surface area contributed by atoms with Gasteiger partial charge in [-0.25, -0.2) is 0 Å². The molecular weight excluding hydrogens is 546 g/mol. The van der Waals surface area contributed by atoms with Crippen LogP contribution in [-0.2, 0) is 0 Å². The molecule has 0 amide bonds. The summed E-state index contributed by atoms with van der Waals surface area (Å²) in [5, 5.41) is 7.59. The SMILES string of the molecule is c1ccc(-n2c3ccccc3c3ccc4c(c5ccccc5n4-c4cccc(-n5c6ccccc6c6ccccc65)c4)c32)cc1. The lowest BCUT2D eigenvalue weighted by atomic mass is 10.1. The van der Waals surface area contributed by atoms with E-state index in [9.17, 15) is 0 Å².